The van der Waals surface area contributed by atoms with E-state index in [4.69, 9.17) is 9.47 Å². The lowest BCUT2D eigenvalue weighted by atomic mass is 9.98. The first-order chi connectivity index (χ1) is 11.9. The highest BCUT2D eigenvalue weighted by Crippen LogP contribution is 2.23. The fourth-order valence-electron chi connectivity index (χ4n) is 2.97. The number of likely N-dealkylation sites (tertiary alicyclic amines) is 1. The molecule has 2 heterocycles. The molecule has 1 aliphatic heterocycles. The molecule has 1 saturated heterocycles. The number of piperidine rings is 1. The van der Waals surface area contributed by atoms with E-state index in [1.807, 2.05) is 51.1 Å². The van der Waals surface area contributed by atoms with Crippen LogP contribution in [0.2, 0.25) is 0 Å². The van der Waals surface area contributed by atoms with Crippen molar-refractivity contribution in [3.8, 4) is 5.75 Å². The largest absolute Gasteiger partial charge is 0.493 e. The average molecular weight is 342 g/mol. The maximum absolute atomic E-state index is 12.1. The van der Waals surface area contributed by atoms with Gasteiger partial charge in [0.1, 0.15) is 11.4 Å². The maximum Gasteiger partial charge on any atom is 0.410 e. The lowest BCUT2D eigenvalue weighted by molar-refractivity contribution is 0.0165. The van der Waals surface area contributed by atoms with E-state index >= 15 is 0 Å². The van der Waals surface area contributed by atoms with Gasteiger partial charge < -0.3 is 14.4 Å². The van der Waals surface area contributed by atoms with Crippen molar-refractivity contribution in [2.75, 3.05) is 19.7 Å². The number of aromatic nitrogens is 1. The molecule has 5 nitrogen and oxygen atoms in total. The molecule has 1 aromatic carbocycles. The molecule has 3 rings (SSSR count). The number of rotatable bonds is 3. The second-order valence-electron chi connectivity index (χ2n) is 7.58. The summed E-state index contributed by atoms with van der Waals surface area (Å²) in [5, 5.41) is 1.08. The minimum absolute atomic E-state index is 0.214. The van der Waals surface area contributed by atoms with Crippen molar-refractivity contribution in [1.29, 1.82) is 0 Å². The first-order valence-electron chi connectivity index (χ1n) is 8.86. The van der Waals surface area contributed by atoms with Crippen molar-refractivity contribution < 1.29 is 14.3 Å². The van der Waals surface area contributed by atoms with Gasteiger partial charge in [-0.1, -0.05) is 6.07 Å². The third kappa shape index (κ3) is 4.84. The molecule has 1 fully saturated rings. The van der Waals surface area contributed by atoms with Crippen molar-refractivity contribution in [3.63, 3.8) is 0 Å². The van der Waals surface area contributed by atoms with Gasteiger partial charge in [0.15, 0.2) is 0 Å². The van der Waals surface area contributed by atoms with Crippen LogP contribution in [0.25, 0.3) is 10.9 Å². The highest BCUT2D eigenvalue weighted by molar-refractivity contribution is 5.79. The summed E-state index contributed by atoms with van der Waals surface area (Å²) >= 11 is 0. The van der Waals surface area contributed by atoms with Gasteiger partial charge in [0, 0.05) is 24.7 Å². The van der Waals surface area contributed by atoms with Crippen LogP contribution < -0.4 is 4.74 Å². The third-order valence-corrected chi connectivity index (χ3v) is 4.33. The average Bonchev–Trinajstić information content (AvgIpc) is 2.59. The summed E-state index contributed by atoms with van der Waals surface area (Å²) in [5.41, 5.74) is 0.530. The van der Waals surface area contributed by atoms with Crippen LogP contribution in [0.5, 0.6) is 5.75 Å². The van der Waals surface area contributed by atoms with Crippen LogP contribution in [0.4, 0.5) is 4.79 Å². The number of benzene rings is 1. The Morgan fingerprint density at radius 2 is 2.00 bits per heavy atom. The summed E-state index contributed by atoms with van der Waals surface area (Å²) < 4.78 is 11.4. The van der Waals surface area contributed by atoms with Gasteiger partial charge in [-0.05, 0) is 63.8 Å². The van der Waals surface area contributed by atoms with Crippen LogP contribution in [0.15, 0.2) is 36.5 Å². The van der Waals surface area contributed by atoms with Gasteiger partial charge >= 0.3 is 6.09 Å². The lowest BCUT2D eigenvalue weighted by Crippen LogP contribution is -2.42. The molecular weight excluding hydrogens is 316 g/mol. The Kier molecular flexibility index (Phi) is 5.11. The molecule has 2 aromatic rings. The van der Waals surface area contributed by atoms with Crippen LogP contribution in [-0.4, -0.2) is 41.3 Å². The zero-order valence-electron chi connectivity index (χ0n) is 15.2. The highest BCUT2D eigenvalue weighted by atomic mass is 16.6. The van der Waals surface area contributed by atoms with E-state index in [0.717, 1.165) is 42.6 Å². The number of nitrogens with zero attached hydrogens (tertiary/aromatic N) is 2. The summed E-state index contributed by atoms with van der Waals surface area (Å²) in [7, 11) is 0. The zero-order valence-corrected chi connectivity index (χ0v) is 15.2. The molecule has 0 aliphatic carbocycles. The van der Waals surface area contributed by atoms with Gasteiger partial charge in [-0.15, -0.1) is 0 Å². The fourth-order valence-corrected chi connectivity index (χ4v) is 2.97. The number of amides is 1. The minimum Gasteiger partial charge on any atom is -0.493 e. The molecule has 134 valence electrons. The molecule has 1 aromatic heterocycles. The zero-order chi connectivity index (χ0) is 17.9. The van der Waals surface area contributed by atoms with Gasteiger partial charge in [-0.25, -0.2) is 4.79 Å². The molecule has 0 atom stereocenters. The standard InChI is InChI=1S/C20H26N2O3/c1-20(2,3)25-19(23)22-11-8-15(9-12-22)14-24-17-6-7-18-16(13-17)5-4-10-21-18/h4-7,10,13,15H,8-9,11-12,14H2,1-3H3. The molecule has 1 aliphatic rings. The molecular formula is C20H26N2O3. The Balaban J connectivity index is 1.48. The first-order valence-corrected chi connectivity index (χ1v) is 8.86. The van der Waals surface area contributed by atoms with Crippen LogP contribution >= 0.6 is 0 Å². The van der Waals surface area contributed by atoms with Crippen LogP contribution in [0, 0.1) is 5.92 Å². The Bertz CT molecular complexity index is 731. The maximum atomic E-state index is 12.1. The number of hydrogen-bond acceptors (Lipinski definition) is 4. The molecule has 0 unspecified atom stereocenters. The number of pyridine rings is 1. The van der Waals surface area contributed by atoms with Gasteiger partial charge in [-0.2, -0.15) is 0 Å². The Labute approximate surface area is 148 Å². The van der Waals surface area contributed by atoms with Crippen molar-refractivity contribution in [2.24, 2.45) is 5.92 Å². The van der Waals surface area contributed by atoms with Crippen LogP contribution in [0.1, 0.15) is 33.6 Å². The number of hydrogen-bond donors (Lipinski definition) is 0. The Hall–Kier alpha value is -2.30. The van der Waals surface area contributed by atoms with Crippen LogP contribution in [-0.2, 0) is 4.74 Å². The number of fused-ring (bicyclic) bond motifs is 1. The molecule has 1 amide bonds. The predicted octanol–water partition coefficient (Wildman–Crippen LogP) is 4.26. The molecule has 0 radical (unpaired) electrons. The minimum atomic E-state index is -0.442. The van der Waals surface area contributed by atoms with Crippen molar-refractivity contribution in [2.45, 2.75) is 39.2 Å². The Morgan fingerprint density at radius 3 is 2.72 bits per heavy atom. The predicted molar refractivity (Wildman–Crippen MR) is 97.8 cm³/mol. The summed E-state index contributed by atoms with van der Waals surface area (Å²) in [6.45, 7) is 7.81. The third-order valence-electron chi connectivity index (χ3n) is 4.33. The summed E-state index contributed by atoms with van der Waals surface area (Å²) in [4.78, 5) is 18.2. The van der Waals surface area contributed by atoms with Crippen molar-refractivity contribution in [3.05, 3.63) is 36.5 Å². The van der Waals surface area contributed by atoms with E-state index in [9.17, 15) is 4.79 Å². The molecule has 0 spiro atoms. The molecule has 5 heteroatoms. The summed E-state index contributed by atoms with van der Waals surface area (Å²) in [6, 6.07) is 9.94. The number of ether oxygens (including phenoxy) is 2. The van der Waals surface area contributed by atoms with Crippen molar-refractivity contribution >= 4 is 17.0 Å². The molecule has 25 heavy (non-hydrogen) atoms. The Morgan fingerprint density at radius 1 is 1.24 bits per heavy atom. The molecule has 0 N–H and O–H groups in total. The van der Waals surface area contributed by atoms with Gasteiger partial charge in [0.05, 0.1) is 12.1 Å². The molecule has 0 bridgehead atoms. The molecule has 0 saturated carbocycles. The summed E-state index contributed by atoms with van der Waals surface area (Å²) in [5.74, 6) is 1.33. The topological polar surface area (TPSA) is 51.7 Å². The normalized spacial score (nSPS) is 16.0. The van der Waals surface area contributed by atoms with E-state index in [2.05, 4.69) is 4.98 Å². The van der Waals surface area contributed by atoms with E-state index in [0.29, 0.717) is 12.5 Å². The SMILES string of the molecule is CC(C)(C)OC(=O)N1CCC(COc2ccc3ncccc3c2)CC1. The summed E-state index contributed by atoms with van der Waals surface area (Å²) in [6.07, 6.45) is 3.46. The van der Waals surface area contributed by atoms with Gasteiger partial charge in [0.25, 0.3) is 0 Å². The monoisotopic (exact) mass is 342 g/mol. The smallest absolute Gasteiger partial charge is 0.410 e. The van der Waals surface area contributed by atoms with E-state index < -0.39 is 5.60 Å². The first kappa shape index (κ1) is 17.5. The lowest BCUT2D eigenvalue weighted by Gasteiger charge is -2.33. The second kappa shape index (κ2) is 7.30. The van der Waals surface area contributed by atoms with E-state index in [1.165, 1.54) is 0 Å². The quantitative estimate of drug-likeness (QED) is 0.836. The van der Waals surface area contributed by atoms with E-state index in [-0.39, 0.29) is 6.09 Å². The second-order valence-corrected chi connectivity index (χ2v) is 7.58. The van der Waals surface area contributed by atoms with Gasteiger partial charge in [-0.3, -0.25) is 4.98 Å². The van der Waals surface area contributed by atoms with Gasteiger partial charge in [0.2, 0.25) is 0 Å². The highest BCUT2D eigenvalue weighted by Gasteiger charge is 2.27. The van der Waals surface area contributed by atoms with Crippen LogP contribution in [0.3, 0.4) is 0 Å². The number of carbonyl (C=O) groups excluding carboxylic acids is 1. The fraction of sp³-hybridized carbons (Fsp3) is 0.500. The van der Waals surface area contributed by atoms with Crippen molar-refractivity contribution in [1.82, 2.24) is 9.88 Å². The number of carbonyl (C=O) groups is 1. The van der Waals surface area contributed by atoms with E-state index in [1.54, 1.807) is 11.1 Å².